The maximum atomic E-state index is 13.3. The van der Waals surface area contributed by atoms with Crippen LogP contribution in [-0.4, -0.2) is 64.7 Å². The number of benzene rings is 2. The molecule has 0 spiro atoms. The van der Waals surface area contributed by atoms with Crippen molar-refractivity contribution in [2.75, 3.05) is 31.1 Å². The summed E-state index contributed by atoms with van der Waals surface area (Å²) >= 11 is 0. The van der Waals surface area contributed by atoms with Gasteiger partial charge in [-0.05, 0) is 75.1 Å². The van der Waals surface area contributed by atoms with Gasteiger partial charge in [0.25, 0.3) is 0 Å². The number of sulfonamides is 1. The Morgan fingerprint density at radius 2 is 1.61 bits per heavy atom. The zero-order chi connectivity index (χ0) is 29.2. The second-order valence-corrected chi connectivity index (χ2v) is 14.0. The van der Waals surface area contributed by atoms with Gasteiger partial charge in [0.15, 0.2) is 0 Å². The van der Waals surface area contributed by atoms with Crippen LogP contribution in [0.3, 0.4) is 0 Å². The van der Waals surface area contributed by atoms with E-state index in [9.17, 15) is 21.6 Å². The number of hydrogen-bond donors (Lipinski definition) is 0. The van der Waals surface area contributed by atoms with Crippen LogP contribution >= 0.6 is 0 Å². The number of hydrogen-bond acceptors (Lipinski definition) is 9. The third kappa shape index (κ3) is 6.24. The SMILES string of the molecule is CC(C)Oc1ccc(S(=O)(=O)N2CCC(C3CN(CC=O)c4nc(OS(=O)(=O)c5ccccc5)ccc43)CC2)cc1. The van der Waals surface area contributed by atoms with Gasteiger partial charge >= 0.3 is 10.1 Å². The van der Waals surface area contributed by atoms with E-state index < -0.39 is 20.1 Å². The Labute approximate surface area is 241 Å². The van der Waals surface area contributed by atoms with Crippen LogP contribution in [0, 0.1) is 5.92 Å². The van der Waals surface area contributed by atoms with Gasteiger partial charge in [0.05, 0.1) is 17.5 Å². The predicted molar refractivity (Wildman–Crippen MR) is 153 cm³/mol. The van der Waals surface area contributed by atoms with E-state index in [1.165, 1.54) is 22.5 Å². The second kappa shape index (κ2) is 11.8. The molecule has 41 heavy (non-hydrogen) atoms. The van der Waals surface area contributed by atoms with Gasteiger partial charge in [-0.3, -0.25) is 0 Å². The number of nitrogens with zero attached hydrogens (tertiary/aromatic N) is 3. The van der Waals surface area contributed by atoms with Gasteiger partial charge in [0.2, 0.25) is 15.9 Å². The van der Waals surface area contributed by atoms with E-state index in [-0.39, 0.29) is 40.2 Å². The lowest BCUT2D eigenvalue weighted by Gasteiger charge is -2.34. The fourth-order valence-electron chi connectivity index (χ4n) is 5.48. The van der Waals surface area contributed by atoms with Crippen LogP contribution in [-0.2, 0) is 24.9 Å². The number of fused-ring (bicyclic) bond motifs is 1. The maximum absolute atomic E-state index is 13.3. The van der Waals surface area contributed by atoms with E-state index in [4.69, 9.17) is 8.92 Å². The van der Waals surface area contributed by atoms with Gasteiger partial charge in [0.1, 0.15) is 22.7 Å². The van der Waals surface area contributed by atoms with Crippen LogP contribution in [0.5, 0.6) is 11.6 Å². The summed E-state index contributed by atoms with van der Waals surface area (Å²) in [7, 11) is -7.71. The maximum Gasteiger partial charge on any atom is 0.340 e. The zero-order valence-corrected chi connectivity index (χ0v) is 24.6. The largest absolute Gasteiger partial charge is 0.491 e. The summed E-state index contributed by atoms with van der Waals surface area (Å²) < 4.78 is 64.5. The van der Waals surface area contributed by atoms with Crippen LogP contribution in [0.1, 0.15) is 38.2 Å². The highest BCUT2D eigenvalue weighted by Gasteiger charge is 2.39. The van der Waals surface area contributed by atoms with Crippen LogP contribution in [0.15, 0.2) is 76.5 Å². The van der Waals surface area contributed by atoms with Gasteiger partial charge in [-0.1, -0.05) is 18.2 Å². The van der Waals surface area contributed by atoms with E-state index in [0.29, 0.717) is 44.0 Å². The number of piperidine rings is 1. The van der Waals surface area contributed by atoms with Crippen LogP contribution in [0.25, 0.3) is 0 Å². The molecular weight excluding hydrogens is 566 g/mol. The minimum Gasteiger partial charge on any atom is -0.491 e. The van der Waals surface area contributed by atoms with Crippen molar-refractivity contribution in [3.63, 3.8) is 0 Å². The predicted octanol–water partition coefficient (Wildman–Crippen LogP) is 3.84. The number of ether oxygens (including phenoxy) is 1. The molecule has 3 aromatic rings. The van der Waals surface area contributed by atoms with Gasteiger partial charge in [-0.2, -0.15) is 17.7 Å². The molecule has 10 nitrogen and oxygen atoms in total. The topological polar surface area (TPSA) is 123 Å². The molecular formula is C29H33N3O7S2. The summed E-state index contributed by atoms with van der Waals surface area (Å²) in [6, 6.07) is 17.7. The summed E-state index contributed by atoms with van der Waals surface area (Å²) in [5.41, 5.74) is 0.901. The fraction of sp³-hybridized carbons (Fsp3) is 0.379. The van der Waals surface area contributed by atoms with Gasteiger partial charge in [-0.25, -0.2) is 8.42 Å². The summed E-state index contributed by atoms with van der Waals surface area (Å²) in [4.78, 5) is 18.0. The molecule has 0 N–H and O–H groups in total. The average molecular weight is 600 g/mol. The first-order valence-electron chi connectivity index (χ1n) is 13.5. The number of aromatic nitrogens is 1. The molecule has 218 valence electrons. The van der Waals surface area contributed by atoms with Crippen molar-refractivity contribution in [2.45, 2.75) is 48.5 Å². The van der Waals surface area contributed by atoms with Gasteiger partial charge in [-0.15, -0.1) is 0 Å². The molecule has 3 heterocycles. The molecule has 0 bridgehead atoms. The molecule has 1 atom stereocenters. The Bertz CT molecular complexity index is 1590. The number of carbonyl (C=O) groups is 1. The lowest BCUT2D eigenvalue weighted by atomic mass is 9.82. The molecule has 1 saturated heterocycles. The number of pyridine rings is 1. The van der Waals surface area contributed by atoms with Crippen molar-refractivity contribution < 1.29 is 30.6 Å². The quantitative estimate of drug-likeness (QED) is 0.253. The normalized spacial score (nSPS) is 18.3. The summed E-state index contributed by atoms with van der Waals surface area (Å²) in [6.45, 7) is 5.21. The molecule has 0 amide bonds. The standard InChI is InChI=1S/C29H33N3O7S2/c1-21(2)38-23-8-10-24(11-9-23)40(34,35)32-16-14-22(15-17-32)27-20-31(18-19-33)29-26(27)12-13-28(30-29)39-41(36,37)25-6-4-3-5-7-25/h3-13,19,21-22,27H,14-18,20H2,1-2H3. The average Bonchev–Trinajstić information content (AvgIpc) is 3.31. The minimum absolute atomic E-state index is 0.00342. The van der Waals surface area contributed by atoms with Crippen molar-refractivity contribution in [3.8, 4) is 11.6 Å². The molecule has 0 saturated carbocycles. The van der Waals surface area contributed by atoms with E-state index in [2.05, 4.69) is 4.98 Å². The third-order valence-electron chi connectivity index (χ3n) is 7.42. The molecule has 1 fully saturated rings. The number of rotatable bonds is 10. The Morgan fingerprint density at radius 1 is 0.927 bits per heavy atom. The monoisotopic (exact) mass is 599 g/mol. The van der Waals surface area contributed by atoms with E-state index >= 15 is 0 Å². The lowest BCUT2D eigenvalue weighted by Crippen LogP contribution is -2.40. The number of anilines is 1. The summed E-state index contributed by atoms with van der Waals surface area (Å²) in [5, 5.41) is 0. The fourth-order valence-corrected chi connectivity index (χ4v) is 7.86. The molecule has 2 aliphatic rings. The molecule has 12 heteroatoms. The summed E-state index contributed by atoms with van der Waals surface area (Å²) in [6.07, 6.45) is 2.08. The smallest absolute Gasteiger partial charge is 0.340 e. The molecule has 1 unspecified atom stereocenters. The summed E-state index contributed by atoms with van der Waals surface area (Å²) in [5.74, 6) is 1.25. The van der Waals surface area contributed by atoms with Crippen molar-refractivity contribution in [1.82, 2.24) is 9.29 Å². The van der Waals surface area contributed by atoms with E-state index in [0.717, 1.165) is 11.8 Å². The number of carbonyl (C=O) groups excluding carboxylic acids is 1. The third-order valence-corrected chi connectivity index (χ3v) is 10.6. The molecule has 2 aliphatic heterocycles. The Balaban J connectivity index is 1.29. The molecule has 0 radical (unpaired) electrons. The van der Waals surface area contributed by atoms with Crippen molar-refractivity contribution >= 4 is 32.2 Å². The molecule has 1 aromatic heterocycles. The van der Waals surface area contributed by atoms with Gasteiger partial charge in [0, 0.05) is 37.2 Å². The molecule has 2 aromatic carbocycles. The Kier molecular flexibility index (Phi) is 8.35. The zero-order valence-electron chi connectivity index (χ0n) is 22.9. The second-order valence-electron chi connectivity index (χ2n) is 10.5. The Morgan fingerprint density at radius 3 is 2.24 bits per heavy atom. The van der Waals surface area contributed by atoms with Crippen LogP contribution < -0.4 is 13.8 Å². The van der Waals surface area contributed by atoms with Crippen molar-refractivity contribution in [3.05, 3.63) is 72.3 Å². The highest BCUT2D eigenvalue weighted by Crippen LogP contribution is 2.44. The van der Waals surface area contributed by atoms with E-state index in [1.807, 2.05) is 18.7 Å². The minimum atomic E-state index is -4.07. The van der Waals surface area contributed by atoms with Crippen molar-refractivity contribution in [1.29, 1.82) is 0 Å². The van der Waals surface area contributed by atoms with Crippen LogP contribution in [0.2, 0.25) is 0 Å². The van der Waals surface area contributed by atoms with Crippen molar-refractivity contribution in [2.24, 2.45) is 5.92 Å². The van der Waals surface area contributed by atoms with Gasteiger partial charge < -0.3 is 18.6 Å². The van der Waals surface area contributed by atoms with Crippen LogP contribution in [0.4, 0.5) is 5.82 Å². The first-order chi connectivity index (χ1) is 19.6. The Hall–Kier alpha value is -3.48. The molecule has 5 rings (SSSR count). The molecule has 0 aliphatic carbocycles. The van der Waals surface area contributed by atoms with E-state index in [1.54, 1.807) is 48.5 Å². The first kappa shape index (κ1) is 29.0. The first-order valence-corrected chi connectivity index (χ1v) is 16.4. The highest BCUT2D eigenvalue weighted by molar-refractivity contribution is 7.89. The lowest BCUT2D eigenvalue weighted by molar-refractivity contribution is -0.106. The number of aldehydes is 1. The highest BCUT2D eigenvalue weighted by atomic mass is 32.2.